The van der Waals surface area contributed by atoms with Crippen LogP contribution in [-0.2, 0) is 0 Å². The molecule has 1 heterocycles. The Labute approximate surface area is 181 Å². The second-order valence-electron chi connectivity index (χ2n) is 8.01. The van der Waals surface area contributed by atoms with Gasteiger partial charge in [-0.15, -0.1) is 0 Å². The monoisotopic (exact) mass is 411 g/mol. The minimum absolute atomic E-state index is 0.0593. The first-order valence-electron chi connectivity index (χ1n) is 10.8. The number of aromatic amines is 1. The second-order valence-corrected chi connectivity index (χ2v) is 8.01. The number of unbranched alkanes of at least 4 members (excludes halogenated alkanes) is 2. The number of nitrogens with zero attached hydrogens (tertiary/aromatic N) is 1. The molecule has 0 aliphatic heterocycles. The zero-order valence-electron chi connectivity index (χ0n) is 17.6. The lowest BCUT2D eigenvalue weighted by Crippen LogP contribution is -2.14. The minimum atomic E-state index is 0.0593. The van der Waals surface area contributed by atoms with Crippen LogP contribution in [0.4, 0.5) is 5.69 Å². The van der Waals surface area contributed by atoms with Gasteiger partial charge in [0.2, 0.25) is 0 Å². The largest absolute Gasteiger partial charge is 0.494 e. The summed E-state index contributed by atoms with van der Waals surface area (Å²) in [5.41, 5.74) is 6.21. The van der Waals surface area contributed by atoms with E-state index >= 15 is 0 Å². The summed E-state index contributed by atoms with van der Waals surface area (Å²) in [7, 11) is 0. The fraction of sp³-hybridized carbons (Fsp3) is 0.231. The molecule has 2 N–H and O–H groups in total. The Kier molecular flexibility index (Phi) is 5.16. The Morgan fingerprint density at radius 2 is 1.74 bits per heavy atom. The van der Waals surface area contributed by atoms with Crippen molar-refractivity contribution in [3.05, 3.63) is 77.4 Å². The van der Waals surface area contributed by atoms with Gasteiger partial charge in [-0.25, -0.2) is 0 Å². The first-order valence-corrected chi connectivity index (χ1v) is 10.8. The number of anilines is 1. The van der Waals surface area contributed by atoms with Gasteiger partial charge in [0, 0.05) is 28.7 Å². The van der Waals surface area contributed by atoms with E-state index in [1.54, 1.807) is 0 Å². The summed E-state index contributed by atoms with van der Waals surface area (Å²) >= 11 is 0. The molecule has 0 spiro atoms. The topological polar surface area (TPSA) is 67.0 Å². The molecule has 0 saturated carbocycles. The molecule has 4 aromatic rings. The van der Waals surface area contributed by atoms with Crippen molar-refractivity contribution in [2.24, 2.45) is 0 Å². The number of benzene rings is 3. The summed E-state index contributed by atoms with van der Waals surface area (Å²) in [5, 5.41) is 11.9. The molecule has 0 bridgehead atoms. The van der Waals surface area contributed by atoms with Crippen LogP contribution in [0, 0.1) is 6.92 Å². The number of ether oxygens (including phenoxy) is 1. The number of hydrogen-bond donors (Lipinski definition) is 2. The Morgan fingerprint density at radius 1 is 0.935 bits per heavy atom. The Hall–Kier alpha value is -3.60. The Morgan fingerprint density at radius 3 is 2.61 bits per heavy atom. The molecule has 0 amide bonds. The molecule has 0 fully saturated rings. The van der Waals surface area contributed by atoms with Gasteiger partial charge in [0.15, 0.2) is 5.78 Å². The average molecular weight is 412 g/mol. The molecule has 0 atom stereocenters. The van der Waals surface area contributed by atoms with Crippen LogP contribution in [0.2, 0.25) is 0 Å². The van der Waals surface area contributed by atoms with Gasteiger partial charge >= 0.3 is 0 Å². The summed E-state index contributed by atoms with van der Waals surface area (Å²) in [5.74, 6) is 0.981. The molecular formula is C26H25N3O2. The van der Waals surface area contributed by atoms with E-state index in [0.29, 0.717) is 6.61 Å². The number of nitrogens with one attached hydrogen (secondary N) is 2. The Balaban J connectivity index is 1.19. The molecule has 3 aromatic carbocycles. The molecule has 5 nitrogen and oxygen atoms in total. The molecule has 0 radical (unpaired) electrons. The van der Waals surface area contributed by atoms with Gasteiger partial charge in [0.05, 0.1) is 17.7 Å². The molecule has 5 heteroatoms. The van der Waals surface area contributed by atoms with Crippen molar-refractivity contribution in [3.63, 3.8) is 0 Å². The van der Waals surface area contributed by atoms with Gasteiger partial charge in [-0.05, 0) is 50.5 Å². The first-order chi connectivity index (χ1) is 15.2. The normalized spacial score (nSPS) is 12.1. The number of carbonyl (C=O) groups excluding carboxylic acids is 1. The molecule has 31 heavy (non-hydrogen) atoms. The van der Waals surface area contributed by atoms with E-state index < -0.39 is 0 Å². The number of aryl methyl sites for hydroxylation is 1. The lowest BCUT2D eigenvalue weighted by atomic mass is 9.86. The second kappa shape index (κ2) is 8.26. The third-order valence-corrected chi connectivity index (χ3v) is 5.81. The molecular weight excluding hydrogens is 386 g/mol. The SMILES string of the molecule is Cc1ccc(OCCCCCNc2cccc3c2C(=O)c2cccc4[nH]nc-3c24)cc1. The van der Waals surface area contributed by atoms with Gasteiger partial charge in [0.1, 0.15) is 11.4 Å². The van der Waals surface area contributed by atoms with Gasteiger partial charge in [-0.3, -0.25) is 9.89 Å². The van der Waals surface area contributed by atoms with E-state index in [-0.39, 0.29) is 5.78 Å². The molecule has 156 valence electrons. The number of H-pyrrole nitrogens is 1. The fourth-order valence-electron chi connectivity index (χ4n) is 4.18. The highest BCUT2D eigenvalue weighted by Crippen LogP contribution is 2.40. The lowest BCUT2D eigenvalue weighted by molar-refractivity contribution is 0.104. The highest BCUT2D eigenvalue weighted by atomic mass is 16.5. The standard InChI is InChI=1S/C26H25N3O2/c1-17-11-13-18(14-12-17)31-16-4-2-3-15-27-21-9-5-7-19-24(21)26(30)20-8-6-10-22-23(20)25(19)29-28-22/h5-14,27H,2-4,15-16H2,1H3,(H,28,29). The van der Waals surface area contributed by atoms with E-state index in [1.807, 2.05) is 48.5 Å². The molecule has 0 saturated heterocycles. The minimum Gasteiger partial charge on any atom is -0.494 e. The van der Waals surface area contributed by atoms with E-state index in [0.717, 1.165) is 70.5 Å². The summed E-state index contributed by atoms with van der Waals surface area (Å²) in [6.07, 6.45) is 3.07. The van der Waals surface area contributed by atoms with Gasteiger partial charge in [-0.2, -0.15) is 5.10 Å². The highest BCUT2D eigenvalue weighted by molar-refractivity contribution is 6.27. The van der Waals surface area contributed by atoms with E-state index in [1.165, 1.54) is 5.56 Å². The van der Waals surface area contributed by atoms with Gasteiger partial charge < -0.3 is 10.1 Å². The number of aromatic nitrogens is 2. The maximum atomic E-state index is 13.2. The predicted molar refractivity (Wildman–Crippen MR) is 124 cm³/mol. The molecule has 1 aliphatic rings. The third kappa shape index (κ3) is 3.67. The van der Waals surface area contributed by atoms with Crippen molar-refractivity contribution in [2.75, 3.05) is 18.5 Å². The highest BCUT2D eigenvalue weighted by Gasteiger charge is 2.29. The first kappa shape index (κ1) is 19.4. The molecule has 1 aromatic heterocycles. The number of ketones is 1. The van der Waals surface area contributed by atoms with Crippen LogP contribution in [0.5, 0.6) is 5.75 Å². The van der Waals surface area contributed by atoms with Crippen molar-refractivity contribution < 1.29 is 9.53 Å². The zero-order chi connectivity index (χ0) is 21.2. The van der Waals surface area contributed by atoms with Crippen molar-refractivity contribution >= 4 is 22.4 Å². The van der Waals surface area contributed by atoms with E-state index in [4.69, 9.17) is 4.74 Å². The van der Waals surface area contributed by atoms with E-state index in [2.05, 4.69) is 34.6 Å². The summed E-state index contributed by atoms with van der Waals surface area (Å²) in [6, 6.07) is 19.8. The number of hydrogen-bond acceptors (Lipinski definition) is 4. The molecule has 1 aliphatic carbocycles. The lowest BCUT2D eigenvalue weighted by Gasteiger charge is -2.19. The third-order valence-electron chi connectivity index (χ3n) is 5.81. The van der Waals surface area contributed by atoms with Crippen LogP contribution in [0.3, 0.4) is 0 Å². The summed E-state index contributed by atoms with van der Waals surface area (Å²) in [4.78, 5) is 13.2. The molecule has 5 rings (SSSR count). The van der Waals surface area contributed by atoms with Crippen LogP contribution in [0.25, 0.3) is 22.2 Å². The molecule has 0 unspecified atom stereocenters. The van der Waals surface area contributed by atoms with E-state index in [9.17, 15) is 4.79 Å². The predicted octanol–water partition coefficient (Wildman–Crippen LogP) is 5.74. The van der Waals surface area contributed by atoms with Crippen LogP contribution in [0.1, 0.15) is 40.7 Å². The Bertz CT molecular complexity index is 1240. The summed E-state index contributed by atoms with van der Waals surface area (Å²) in [6.45, 7) is 3.60. The van der Waals surface area contributed by atoms with Crippen LogP contribution in [-0.4, -0.2) is 29.1 Å². The quantitative estimate of drug-likeness (QED) is 0.319. The maximum absolute atomic E-state index is 13.2. The maximum Gasteiger partial charge on any atom is 0.196 e. The van der Waals surface area contributed by atoms with Crippen molar-refractivity contribution in [1.82, 2.24) is 10.2 Å². The number of carbonyl (C=O) groups is 1. The number of fused-ring (bicyclic) bond motifs is 2. The average Bonchev–Trinajstić information content (AvgIpc) is 3.23. The van der Waals surface area contributed by atoms with Crippen LogP contribution < -0.4 is 10.1 Å². The van der Waals surface area contributed by atoms with Crippen LogP contribution in [0.15, 0.2) is 60.7 Å². The van der Waals surface area contributed by atoms with Gasteiger partial charge in [-0.1, -0.05) is 42.0 Å². The summed E-state index contributed by atoms with van der Waals surface area (Å²) < 4.78 is 5.79. The number of rotatable bonds is 8. The van der Waals surface area contributed by atoms with Crippen molar-refractivity contribution in [2.45, 2.75) is 26.2 Å². The van der Waals surface area contributed by atoms with Gasteiger partial charge in [0.25, 0.3) is 0 Å². The fourth-order valence-corrected chi connectivity index (χ4v) is 4.18. The van der Waals surface area contributed by atoms with Crippen molar-refractivity contribution in [3.8, 4) is 17.0 Å². The van der Waals surface area contributed by atoms with Crippen molar-refractivity contribution in [1.29, 1.82) is 0 Å². The van der Waals surface area contributed by atoms with Crippen LogP contribution >= 0.6 is 0 Å². The smallest absolute Gasteiger partial charge is 0.196 e. The zero-order valence-corrected chi connectivity index (χ0v) is 17.6.